The van der Waals surface area contributed by atoms with Crippen molar-refractivity contribution in [3.8, 4) is 0 Å². The minimum Gasteiger partial charge on any atom is -0.481 e. The number of hydrogen-bond donors (Lipinski definition) is 1. The summed E-state index contributed by atoms with van der Waals surface area (Å²) in [5, 5.41) is 8.89. The first-order valence-electron chi connectivity index (χ1n) is 6.22. The van der Waals surface area contributed by atoms with Gasteiger partial charge in [-0.2, -0.15) is 0 Å². The van der Waals surface area contributed by atoms with Gasteiger partial charge >= 0.3 is 5.97 Å². The lowest BCUT2D eigenvalue weighted by Gasteiger charge is -2.17. The Morgan fingerprint density at radius 2 is 2.00 bits per heavy atom. The molecule has 1 saturated carbocycles. The summed E-state index contributed by atoms with van der Waals surface area (Å²) in [5.41, 5.74) is 2.13. The average Bonchev–Trinajstić information content (AvgIpc) is 3.09. The fraction of sp³-hybridized carbons (Fsp3) is 0.429. The van der Waals surface area contributed by atoms with Crippen molar-refractivity contribution in [2.45, 2.75) is 19.3 Å². The molecule has 0 aromatic heterocycles. The molecule has 1 amide bonds. The number of hydrogen-bond acceptors (Lipinski definition) is 2. The highest BCUT2D eigenvalue weighted by molar-refractivity contribution is 6.01. The smallest absolute Gasteiger partial charge is 0.307 e. The molecule has 1 N–H and O–H groups in total. The molecule has 3 atom stereocenters. The molecule has 0 radical (unpaired) electrons. The molecule has 4 heteroatoms. The Balaban J connectivity index is 1.83. The number of anilines is 1. The number of aliphatic carboxylic acids is 1. The monoisotopic (exact) mass is 245 g/mol. The summed E-state index contributed by atoms with van der Waals surface area (Å²) in [4.78, 5) is 24.9. The van der Waals surface area contributed by atoms with E-state index >= 15 is 0 Å². The number of carbonyl (C=O) groups excluding carboxylic acids is 1. The maximum absolute atomic E-state index is 12.3. The van der Waals surface area contributed by atoms with E-state index in [-0.39, 0.29) is 11.8 Å². The van der Waals surface area contributed by atoms with Crippen LogP contribution in [-0.4, -0.2) is 23.5 Å². The van der Waals surface area contributed by atoms with E-state index in [2.05, 4.69) is 6.92 Å². The molecule has 1 fully saturated rings. The standard InChI is InChI=1S/C14H15NO3/c1-8-7-15(12-5-3-2-4-9(8)12)13(16)10-6-11(10)14(17)18/h2-5,8,10-11H,6-7H2,1H3,(H,17,18). The lowest BCUT2D eigenvalue weighted by atomic mass is 10.0. The van der Waals surface area contributed by atoms with Gasteiger partial charge in [0.2, 0.25) is 5.91 Å². The largest absolute Gasteiger partial charge is 0.481 e. The molecule has 0 spiro atoms. The Kier molecular flexibility index (Phi) is 2.40. The fourth-order valence-electron chi connectivity index (χ4n) is 2.77. The second-order valence-electron chi connectivity index (χ2n) is 5.20. The van der Waals surface area contributed by atoms with Crippen LogP contribution in [0.3, 0.4) is 0 Å². The zero-order valence-electron chi connectivity index (χ0n) is 10.2. The molecule has 1 aromatic rings. The van der Waals surface area contributed by atoms with Crippen LogP contribution in [0.25, 0.3) is 0 Å². The van der Waals surface area contributed by atoms with Crippen LogP contribution in [0.2, 0.25) is 0 Å². The topological polar surface area (TPSA) is 57.6 Å². The van der Waals surface area contributed by atoms with Gasteiger partial charge in [-0.3, -0.25) is 9.59 Å². The van der Waals surface area contributed by atoms with Crippen LogP contribution in [0.4, 0.5) is 5.69 Å². The van der Waals surface area contributed by atoms with Crippen molar-refractivity contribution in [1.29, 1.82) is 0 Å². The third-order valence-corrected chi connectivity index (χ3v) is 3.91. The number of nitrogens with zero attached hydrogens (tertiary/aromatic N) is 1. The van der Waals surface area contributed by atoms with Crippen molar-refractivity contribution in [2.24, 2.45) is 11.8 Å². The van der Waals surface area contributed by atoms with Crippen molar-refractivity contribution in [2.75, 3.05) is 11.4 Å². The Labute approximate surface area is 105 Å². The van der Waals surface area contributed by atoms with Gasteiger partial charge < -0.3 is 10.0 Å². The molecule has 0 saturated heterocycles. The molecule has 3 rings (SSSR count). The molecule has 94 valence electrons. The van der Waals surface area contributed by atoms with Gasteiger partial charge in [0, 0.05) is 18.2 Å². The number of benzene rings is 1. The van der Waals surface area contributed by atoms with Gasteiger partial charge in [-0.25, -0.2) is 0 Å². The number of amides is 1. The molecule has 2 aliphatic rings. The first kappa shape index (κ1) is 11.3. The van der Waals surface area contributed by atoms with Gasteiger partial charge in [0.05, 0.1) is 11.8 Å². The maximum Gasteiger partial charge on any atom is 0.307 e. The Morgan fingerprint density at radius 3 is 2.67 bits per heavy atom. The molecule has 3 unspecified atom stereocenters. The summed E-state index contributed by atoms with van der Waals surface area (Å²) in [5.74, 6) is -1.35. The molecular weight excluding hydrogens is 230 g/mol. The van der Waals surface area contributed by atoms with Crippen molar-refractivity contribution in [3.05, 3.63) is 29.8 Å². The van der Waals surface area contributed by atoms with E-state index in [1.807, 2.05) is 24.3 Å². The zero-order valence-corrected chi connectivity index (χ0v) is 10.2. The molecular formula is C14H15NO3. The minimum atomic E-state index is -0.853. The SMILES string of the molecule is CC1CN(C(=O)C2CC2C(=O)O)c2ccccc21. The van der Waals surface area contributed by atoms with Crippen molar-refractivity contribution in [1.82, 2.24) is 0 Å². The molecule has 1 heterocycles. The summed E-state index contributed by atoms with van der Waals surface area (Å²) in [7, 11) is 0. The van der Waals surface area contributed by atoms with Gasteiger partial charge in [-0.05, 0) is 18.1 Å². The van der Waals surface area contributed by atoms with E-state index in [9.17, 15) is 9.59 Å². The highest BCUT2D eigenvalue weighted by atomic mass is 16.4. The predicted molar refractivity (Wildman–Crippen MR) is 66.4 cm³/mol. The van der Waals surface area contributed by atoms with Crippen LogP contribution in [0, 0.1) is 11.8 Å². The van der Waals surface area contributed by atoms with Gasteiger partial charge in [-0.1, -0.05) is 25.1 Å². The second kappa shape index (κ2) is 3.83. The molecule has 1 aliphatic heterocycles. The quantitative estimate of drug-likeness (QED) is 0.865. The van der Waals surface area contributed by atoms with Crippen LogP contribution in [-0.2, 0) is 9.59 Å². The highest BCUT2D eigenvalue weighted by Gasteiger charge is 2.51. The van der Waals surface area contributed by atoms with E-state index in [4.69, 9.17) is 5.11 Å². The average molecular weight is 245 g/mol. The van der Waals surface area contributed by atoms with E-state index in [0.717, 1.165) is 5.69 Å². The minimum absolute atomic E-state index is 0.0285. The first-order valence-corrected chi connectivity index (χ1v) is 6.22. The van der Waals surface area contributed by atoms with Crippen LogP contribution in [0.15, 0.2) is 24.3 Å². The van der Waals surface area contributed by atoms with E-state index < -0.39 is 11.9 Å². The highest BCUT2D eigenvalue weighted by Crippen LogP contribution is 2.44. The number of fused-ring (bicyclic) bond motifs is 1. The van der Waals surface area contributed by atoms with E-state index in [1.54, 1.807) is 4.90 Å². The Morgan fingerprint density at radius 1 is 1.28 bits per heavy atom. The van der Waals surface area contributed by atoms with Crippen LogP contribution >= 0.6 is 0 Å². The number of carboxylic acid groups (broad SMARTS) is 1. The molecule has 18 heavy (non-hydrogen) atoms. The summed E-state index contributed by atoms with van der Waals surface area (Å²) >= 11 is 0. The Hall–Kier alpha value is -1.84. The van der Waals surface area contributed by atoms with Gasteiger partial charge in [0.1, 0.15) is 0 Å². The van der Waals surface area contributed by atoms with Crippen LogP contribution < -0.4 is 4.90 Å². The summed E-state index contributed by atoms with van der Waals surface area (Å²) in [6.07, 6.45) is 0.487. The lowest BCUT2D eigenvalue weighted by molar-refractivity contribution is -0.140. The number of carbonyl (C=O) groups is 2. The molecule has 1 aliphatic carbocycles. The molecule has 0 bridgehead atoms. The first-order chi connectivity index (χ1) is 8.59. The lowest BCUT2D eigenvalue weighted by Crippen LogP contribution is -2.31. The van der Waals surface area contributed by atoms with Crippen molar-refractivity contribution >= 4 is 17.6 Å². The van der Waals surface area contributed by atoms with Gasteiger partial charge in [0.15, 0.2) is 0 Å². The number of carboxylic acids is 1. The van der Waals surface area contributed by atoms with Crippen molar-refractivity contribution in [3.63, 3.8) is 0 Å². The molecule has 1 aromatic carbocycles. The van der Waals surface area contributed by atoms with E-state index in [0.29, 0.717) is 18.9 Å². The van der Waals surface area contributed by atoms with Gasteiger partial charge in [0.25, 0.3) is 0 Å². The van der Waals surface area contributed by atoms with E-state index in [1.165, 1.54) is 5.56 Å². The predicted octanol–water partition coefficient (Wildman–Crippen LogP) is 1.86. The normalized spacial score (nSPS) is 28.9. The zero-order chi connectivity index (χ0) is 12.9. The number of rotatable bonds is 2. The summed E-state index contributed by atoms with van der Waals surface area (Å²) in [6.45, 7) is 2.76. The Bertz CT molecular complexity index is 526. The summed E-state index contributed by atoms with van der Waals surface area (Å²) in [6, 6.07) is 7.86. The number of para-hydroxylation sites is 1. The fourth-order valence-corrected chi connectivity index (χ4v) is 2.77. The summed E-state index contributed by atoms with van der Waals surface area (Å²) < 4.78 is 0. The maximum atomic E-state index is 12.3. The second-order valence-corrected chi connectivity index (χ2v) is 5.20. The molecule has 4 nitrogen and oxygen atoms in total. The third-order valence-electron chi connectivity index (χ3n) is 3.91. The third kappa shape index (κ3) is 1.60. The van der Waals surface area contributed by atoms with Crippen molar-refractivity contribution < 1.29 is 14.7 Å². The van der Waals surface area contributed by atoms with Crippen LogP contribution in [0.1, 0.15) is 24.8 Å². The van der Waals surface area contributed by atoms with Crippen LogP contribution in [0.5, 0.6) is 0 Å². The van der Waals surface area contributed by atoms with Gasteiger partial charge in [-0.15, -0.1) is 0 Å².